The van der Waals surface area contributed by atoms with Gasteiger partial charge in [0.15, 0.2) is 0 Å². The van der Waals surface area contributed by atoms with Crippen LogP contribution in [0.15, 0.2) is 0 Å². The summed E-state index contributed by atoms with van der Waals surface area (Å²) in [6.45, 7) is 3.92. The number of carbonyl (C=O) groups is 3. The fraction of sp³-hybridized carbons (Fsp3) is 0.750. The van der Waals surface area contributed by atoms with Crippen molar-refractivity contribution in [3.8, 4) is 0 Å². The van der Waals surface area contributed by atoms with Crippen LogP contribution in [0.3, 0.4) is 0 Å². The fourth-order valence-corrected chi connectivity index (χ4v) is 1.45. The molecule has 110 valence electrons. The second kappa shape index (κ2) is 8.34. The molecule has 0 spiro atoms. The van der Waals surface area contributed by atoms with E-state index in [1.807, 2.05) is 0 Å². The monoisotopic (exact) mass is 274 g/mol. The number of hydrogen-bond donors (Lipinski definition) is 1. The number of aliphatic carboxylic acids is 1. The number of carboxylic acids is 1. The highest BCUT2D eigenvalue weighted by molar-refractivity contribution is 5.76. The van der Waals surface area contributed by atoms with Gasteiger partial charge in [-0.3, -0.25) is 9.59 Å². The summed E-state index contributed by atoms with van der Waals surface area (Å²) in [5.41, 5.74) is 0. The first-order valence-electron chi connectivity index (χ1n) is 6.14. The average molecular weight is 274 g/mol. The fourth-order valence-electron chi connectivity index (χ4n) is 1.45. The number of carboxylic acid groups (broad SMARTS) is 1. The van der Waals surface area contributed by atoms with Crippen molar-refractivity contribution in [1.29, 1.82) is 0 Å². The molecule has 0 radical (unpaired) electrons. The molecule has 0 aromatic heterocycles. The van der Waals surface area contributed by atoms with Gasteiger partial charge in [0.25, 0.3) is 0 Å². The van der Waals surface area contributed by atoms with Gasteiger partial charge in [0, 0.05) is 27.2 Å². The molecule has 0 aliphatic rings. The molecule has 0 aromatic rings. The molecule has 0 aliphatic heterocycles. The summed E-state index contributed by atoms with van der Waals surface area (Å²) >= 11 is 0. The molecule has 1 atom stereocenters. The minimum absolute atomic E-state index is 0.123. The third kappa shape index (κ3) is 6.64. The smallest absolute Gasteiger partial charge is 0.319 e. The molecule has 19 heavy (non-hydrogen) atoms. The lowest BCUT2D eigenvalue weighted by atomic mass is 10.2. The molecule has 0 heterocycles. The van der Waals surface area contributed by atoms with Gasteiger partial charge in [-0.05, 0) is 6.92 Å². The minimum Gasteiger partial charge on any atom is -0.481 e. The molecule has 1 N–H and O–H groups in total. The highest BCUT2D eigenvalue weighted by atomic mass is 16.5. The van der Waals surface area contributed by atoms with Crippen molar-refractivity contribution in [2.24, 2.45) is 5.92 Å². The quantitative estimate of drug-likeness (QED) is 0.688. The summed E-state index contributed by atoms with van der Waals surface area (Å²) in [5.74, 6) is -1.94. The number of amides is 2. The molecule has 0 saturated heterocycles. The van der Waals surface area contributed by atoms with E-state index in [1.54, 1.807) is 14.0 Å². The van der Waals surface area contributed by atoms with E-state index < -0.39 is 11.9 Å². The first kappa shape index (κ1) is 17.2. The Morgan fingerprint density at radius 2 is 1.79 bits per heavy atom. The maximum absolute atomic E-state index is 11.9. The number of rotatable bonds is 7. The summed E-state index contributed by atoms with van der Waals surface area (Å²) in [7, 11) is 3.09. The standard InChI is InChI=1S/C12H22N2O5/c1-5-19-10(15)6-7-13(3)12(18)14(4)8-9(2)11(16)17/h9H,5-8H2,1-4H3,(H,16,17). The molecule has 7 nitrogen and oxygen atoms in total. The number of carbonyl (C=O) groups excluding carboxylic acids is 2. The third-order valence-corrected chi connectivity index (χ3v) is 2.58. The number of ether oxygens (including phenoxy) is 1. The van der Waals surface area contributed by atoms with Gasteiger partial charge in [-0.1, -0.05) is 6.92 Å². The van der Waals surface area contributed by atoms with Crippen molar-refractivity contribution in [2.75, 3.05) is 33.8 Å². The SMILES string of the molecule is CCOC(=O)CCN(C)C(=O)N(C)CC(C)C(=O)O. The Labute approximate surface area is 113 Å². The second-order valence-electron chi connectivity index (χ2n) is 4.38. The Morgan fingerprint density at radius 1 is 1.21 bits per heavy atom. The van der Waals surface area contributed by atoms with Crippen LogP contribution in [0.4, 0.5) is 4.79 Å². The largest absolute Gasteiger partial charge is 0.481 e. The zero-order chi connectivity index (χ0) is 15.0. The van der Waals surface area contributed by atoms with Crippen molar-refractivity contribution in [2.45, 2.75) is 20.3 Å². The molecule has 0 fully saturated rings. The molecule has 0 aromatic carbocycles. The highest BCUT2D eigenvalue weighted by Crippen LogP contribution is 2.02. The van der Waals surface area contributed by atoms with E-state index >= 15 is 0 Å². The van der Waals surface area contributed by atoms with Crippen LogP contribution in [0, 0.1) is 5.92 Å². The summed E-state index contributed by atoms with van der Waals surface area (Å²) in [6.07, 6.45) is 0.123. The predicted molar refractivity (Wildman–Crippen MR) is 68.7 cm³/mol. The Kier molecular flexibility index (Phi) is 7.55. The summed E-state index contributed by atoms with van der Waals surface area (Å²) < 4.78 is 4.76. The van der Waals surface area contributed by atoms with E-state index in [1.165, 1.54) is 23.8 Å². The number of urea groups is 1. The van der Waals surface area contributed by atoms with Gasteiger partial charge in [0.1, 0.15) is 0 Å². The molecular formula is C12H22N2O5. The number of esters is 1. The van der Waals surface area contributed by atoms with Gasteiger partial charge in [-0.2, -0.15) is 0 Å². The molecule has 7 heteroatoms. The molecule has 1 unspecified atom stereocenters. The summed E-state index contributed by atoms with van der Waals surface area (Å²) in [5, 5.41) is 8.77. The number of nitrogens with zero attached hydrogens (tertiary/aromatic N) is 2. The lowest BCUT2D eigenvalue weighted by Gasteiger charge is -2.25. The zero-order valence-electron chi connectivity index (χ0n) is 11.9. The van der Waals surface area contributed by atoms with Crippen LogP contribution >= 0.6 is 0 Å². The van der Waals surface area contributed by atoms with Gasteiger partial charge in [0.05, 0.1) is 18.9 Å². The second-order valence-corrected chi connectivity index (χ2v) is 4.38. The summed E-state index contributed by atoms with van der Waals surface area (Å²) in [4.78, 5) is 36.4. The van der Waals surface area contributed by atoms with Gasteiger partial charge < -0.3 is 19.6 Å². The van der Waals surface area contributed by atoms with E-state index in [2.05, 4.69) is 0 Å². The van der Waals surface area contributed by atoms with Crippen molar-refractivity contribution in [3.63, 3.8) is 0 Å². The van der Waals surface area contributed by atoms with E-state index in [0.717, 1.165) is 0 Å². The molecular weight excluding hydrogens is 252 g/mol. The van der Waals surface area contributed by atoms with Gasteiger partial charge in [-0.15, -0.1) is 0 Å². The summed E-state index contributed by atoms with van der Waals surface area (Å²) in [6, 6.07) is -0.322. The molecule has 0 aliphatic carbocycles. The minimum atomic E-state index is -0.950. The van der Waals surface area contributed by atoms with Crippen LogP contribution in [-0.4, -0.2) is 66.7 Å². The van der Waals surface area contributed by atoms with Crippen LogP contribution < -0.4 is 0 Å². The van der Waals surface area contributed by atoms with Crippen LogP contribution in [0.5, 0.6) is 0 Å². The third-order valence-electron chi connectivity index (χ3n) is 2.58. The van der Waals surface area contributed by atoms with E-state index in [9.17, 15) is 14.4 Å². The topological polar surface area (TPSA) is 87.2 Å². The van der Waals surface area contributed by atoms with E-state index in [4.69, 9.17) is 9.84 Å². The zero-order valence-corrected chi connectivity index (χ0v) is 11.9. The first-order chi connectivity index (χ1) is 8.79. The van der Waals surface area contributed by atoms with Crippen LogP contribution in [0.2, 0.25) is 0 Å². The van der Waals surface area contributed by atoms with Crippen molar-refractivity contribution >= 4 is 18.0 Å². The van der Waals surface area contributed by atoms with Crippen molar-refractivity contribution in [1.82, 2.24) is 9.80 Å². The Balaban J connectivity index is 4.17. The van der Waals surface area contributed by atoms with Gasteiger partial charge in [-0.25, -0.2) is 4.79 Å². The van der Waals surface area contributed by atoms with Crippen molar-refractivity contribution < 1.29 is 24.2 Å². The maximum atomic E-state index is 11.9. The highest BCUT2D eigenvalue weighted by Gasteiger charge is 2.20. The lowest BCUT2D eigenvalue weighted by Crippen LogP contribution is -2.42. The normalized spacial score (nSPS) is 11.6. The van der Waals surface area contributed by atoms with Gasteiger partial charge in [0.2, 0.25) is 0 Å². The van der Waals surface area contributed by atoms with E-state index in [-0.39, 0.29) is 31.5 Å². The molecule has 0 saturated carbocycles. The Morgan fingerprint density at radius 3 is 2.26 bits per heavy atom. The molecule has 0 rings (SSSR count). The first-order valence-corrected chi connectivity index (χ1v) is 6.14. The van der Waals surface area contributed by atoms with Crippen LogP contribution in [-0.2, 0) is 14.3 Å². The van der Waals surface area contributed by atoms with Gasteiger partial charge >= 0.3 is 18.0 Å². The molecule has 0 bridgehead atoms. The predicted octanol–water partition coefficient (Wildman–Crippen LogP) is 0.644. The maximum Gasteiger partial charge on any atom is 0.319 e. The molecule has 2 amide bonds. The lowest BCUT2D eigenvalue weighted by molar-refractivity contribution is -0.143. The average Bonchev–Trinajstić information content (AvgIpc) is 2.34. The van der Waals surface area contributed by atoms with Crippen molar-refractivity contribution in [3.05, 3.63) is 0 Å². The number of hydrogen-bond acceptors (Lipinski definition) is 4. The van der Waals surface area contributed by atoms with Crippen LogP contribution in [0.1, 0.15) is 20.3 Å². The van der Waals surface area contributed by atoms with Crippen LogP contribution in [0.25, 0.3) is 0 Å². The Bertz CT molecular complexity index is 332. The van der Waals surface area contributed by atoms with E-state index in [0.29, 0.717) is 6.61 Å². The Hall–Kier alpha value is -1.79.